The van der Waals surface area contributed by atoms with Crippen LogP contribution in [0.4, 0.5) is 5.13 Å². The molecule has 0 spiro atoms. The van der Waals surface area contributed by atoms with Gasteiger partial charge in [-0.1, -0.05) is 11.6 Å². The number of nitrogens with zero attached hydrogens (tertiary/aromatic N) is 3. The minimum absolute atomic E-state index is 0.297. The van der Waals surface area contributed by atoms with E-state index in [4.69, 9.17) is 16.3 Å². The van der Waals surface area contributed by atoms with E-state index >= 15 is 0 Å². The zero-order chi connectivity index (χ0) is 16.2. The molecule has 0 bridgehead atoms. The molecule has 1 saturated heterocycles. The lowest BCUT2D eigenvalue weighted by Crippen LogP contribution is -2.37. The Kier molecular flexibility index (Phi) is 5.41. The lowest BCUT2D eigenvalue weighted by Gasteiger charge is -2.31. The van der Waals surface area contributed by atoms with Gasteiger partial charge in [-0.15, -0.1) is 11.3 Å². The lowest BCUT2D eigenvalue weighted by atomic mass is 10.1. The van der Waals surface area contributed by atoms with Gasteiger partial charge in [-0.25, -0.2) is 4.98 Å². The number of halogens is 1. The molecule has 3 rings (SSSR count). The number of ether oxygens (including phenoxy) is 1. The van der Waals surface area contributed by atoms with Crippen LogP contribution < -0.4 is 9.64 Å². The normalized spacial score (nSPS) is 16.5. The van der Waals surface area contributed by atoms with Crippen LogP contribution >= 0.6 is 22.9 Å². The highest BCUT2D eigenvalue weighted by Crippen LogP contribution is 2.25. The van der Waals surface area contributed by atoms with E-state index in [0.29, 0.717) is 6.10 Å². The van der Waals surface area contributed by atoms with Crippen LogP contribution in [0.1, 0.15) is 17.7 Å². The number of rotatable bonds is 5. The summed E-state index contributed by atoms with van der Waals surface area (Å²) in [6, 6.07) is 7.62. The van der Waals surface area contributed by atoms with Crippen molar-refractivity contribution in [1.82, 2.24) is 9.88 Å². The van der Waals surface area contributed by atoms with Crippen LogP contribution in [0.15, 0.2) is 30.5 Å². The van der Waals surface area contributed by atoms with E-state index in [1.54, 1.807) is 11.3 Å². The van der Waals surface area contributed by atoms with Crippen molar-refractivity contribution in [3.05, 3.63) is 40.4 Å². The van der Waals surface area contributed by atoms with Gasteiger partial charge in [0.05, 0.1) is 0 Å². The Morgan fingerprint density at radius 3 is 2.57 bits per heavy atom. The minimum atomic E-state index is 0.297. The molecule has 0 unspecified atom stereocenters. The third-order valence-electron chi connectivity index (χ3n) is 3.95. The van der Waals surface area contributed by atoms with Crippen molar-refractivity contribution in [2.24, 2.45) is 0 Å². The van der Waals surface area contributed by atoms with Gasteiger partial charge in [0.1, 0.15) is 11.9 Å². The van der Waals surface area contributed by atoms with Gasteiger partial charge in [0.15, 0.2) is 5.13 Å². The van der Waals surface area contributed by atoms with E-state index < -0.39 is 0 Å². The van der Waals surface area contributed by atoms with Gasteiger partial charge >= 0.3 is 0 Å². The van der Waals surface area contributed by atoms with Crippen molar-refractivity contribution in [3.63, 3.8) is 0 Å². The molecule has 0 radical (unpaired) electrons. The van der Waals surface area contributed by atoms with Gasteiger partial charge in [0, 0.05) is 49.8 Å². The first kappa shape index (κ1) is 16.6. The molecule has 0 amide bonds. The first-order valence-corrected chi connectivity index (χ1v) is 9.06. The molecule has 0 atom stereocenters. The highest BCUT2D eigenvalue weighted by Gasteiger charge is 2.21. The first-order chi connectivity index (χ1) is 11.1. The standard InChI is InChI=1S/C17H22ClN3OS/c1-20(2)17-19-11-16(23-17)12-21-9-7-15(8-10-21)22-14-5-3-13(18)4-6-14/h3-6,11,15H,7-10,12H2,1-2H3. The largest absolute Gasteiger partial charge is 0.490 e. The van der Waals surface area contributed by atoms with E-state index in [1.807, 2.05) is 44.6 Å². The second-order valence-corrected chi connectivity index (χ2v) is 7.58. The van der Waals surface area contributed by atoms with Crippen molar-refractivity contribution in [1.29, 1.82) is 0 Å². The summed E-state index contributed by atoms with van der Waals surface area (Å²) in [5, 5.41) is 1.81. The highest BCUT2D eigenvalue weighted by molar-refractivity contribution is 7.15. The zero-order valence-electron chi connectivity index (χ0n) is 13.5. The molecule has 0 aliphatic carbocycles. The number of piperidine rings is 1. The molecule has 0 N–H and O–H groups in total. The van der Waals surface area contributed by atoms with Crippen LogP contribution in [0, 0.1) is 0 Å². The van der Waals surface area contributed by atoms with Crippen LogP contribution in [-0.4, -0.2) is 43.2 Å². The fraction of sp³-hybridized carbons (Fsp3) is 0.471. The maximum absolute atomic E-state index is 6.04. The van der Waals surface area contributed by atoms with Crippen LogP contribution in [-0.2, 0) is 6.54 Å². The van der Waals surface area contributed by atoms with E-state index in [-0.39, 0.29) is 0 Å². The number of aromatic nitrogens is 1. The van der Waals surface area contributed by atoms with E-state index in [2.05, 4.69) is 14.8 Å². The second kappa shape index (κ2) is 7.51. The van der Waals surface area contributed by atoms with Gasteiger partial charge in [0.25, 0.3) is 0 Å². The Balaban J connectivity index is 1.47. The van der Waals surface area contributed by atoms with E-state index in [0.717, 1.165) is 48.4 Å². The topological polar surface area (TPSA) is 28.6 Å². The number of benzene rings is 1. The maximum atomic E-state index is 6.04. The molecular weight excluding hydrogens is 330 g/mol. The summed E-state index contributed by atoms with van der Waals surface area (Å²) in [7, 11) is 4.06. The van der Waals surface area contributed by atoms with Crippen molar-refractivity contribution >= 4 is 28.1 Å². The van der Waals surface area contributed by atoms with E-state index in [9.17, 15) is 0 Å². The number of hydrogen-bond acceptors (Lipinski definition) is 5. The summed E-state index contributed by atoms with van der Waals surface area (Å²) < 4.78 is 6.04. The maximum Gasteiger partial charge on any atom is 0.185 e. The van der Waals surface area contributed by atoms with Crippen molar-refractivity contribution in [2.75, 3.05) is 32.1 Å². The van der Waals surface area contributed by atoms with Crippen molar-refractivity contribution in [2.45, 2.75) is 25.5 Å². The Morgan fingerprint density at radius 1 is 1.26 bits per heavy atom. The molecule has 23 heavy (non-hydrogen) atoms. The predicted molar refractivity (Wildman–Crippen MR) is 96.8 cm³/mol. The number of hydrogen-bond donors (Lipinski definition) is 0. The van der Waals surface area contributed by atoms with Gasteiger partial charge < -0.3 is 9.64 Å². The SMILES string of the molecule is CN(C)c1ncc(CN2CCC(Oc3ccc(Cl)cc3)CC2)s1. The molecular formula is C17H22ClN3OS. The third kappa shape index (κ3) is 4.59. The van der Waals surface area contributed by atoms with E-state index in [1.165, 1.54) is 4.88 Å². The quantitative estimate of drug-likeness (QED) is 0.816. The fourth-order valence-electron chi connectivity index (χ4n) is 2.69. The van der Waals surface area contributed by atoms with Gasteiger partial charge in [-0.3, -0.25) is 4.90 Å². The molecule has 124 valence electrons. The molecule has 1 aliphatic heterocycles. The Morgan fingerprint density at radius 2 is 1.96 bits per heavy atom. The van der Waals surface area contributed by atoms with Crippen LogP contribution in [0.25, 0.3) is 0 Å². The van der Waals surface area contributed by atoms with Gasteiger partial charge in [-0.05, 0) is 37.1 Å². The molecule has 0 saturated carbocycles. The number of thiazole rings is 1. The summed E-state index contributed by atoms with van der Waals surface area (Å²) in [6.45, 7) is 3.11. The second-order valence-electron chi connectivity index (χ2n) is 6.05. The third-order valence-corrected chi connectivity index (χ3v) is 5.36. The summed E-state index contributed by atoms with van der Waals surface area (Å²) in [5.41, 5.74) is 0. The predicted octanol–water partition coefficient (Wildman–Crippen LogP) is 3.91. The molecule has 1 aliphatic rings. The molecule has 6 heteroatoms. The smallest absolute Gasteiger partial charge is 0.185 e. The molecule has 1 aromatic carbocycles. The molecule has 1 fully saturated rings. The molecule has 4 nitrogen and oxygen atoms in total. The Hall–Kier alpha value is -1.30. The Bertz CT molecular complexity index is 621. The lowest BCUT2D eigenvalue weighted by molar-refractivity contribution is 0.0973. The van der Waals surface area contributed by atoms with Crippen LogP contribution in [0.2, 0.25) is 5.02 Å². The monoisotopic (exact) mass is 351 g/mol. The first-order valence-electron chi connectivity index (χ1n) is 7.87. The van der Waals surface area contributed by atoms with Crippen LogP contribution in [0.3, 0.4) is 0 Å². The number of anilines is 1. The van der Waals surface area contributed by atoms with Crippen LogP contribution in [0.5, 0.6) is 5.75 Å². The summed E-state index contributed by atoms with van der Waals surface area (Å²) in [4.78, 5) is 10.3. The zero-order valence-corrected chi connectivity index (χ0v) is 15.1. The molecule has 2 heterocycles. The molecule has 1 aromatic heterocycles. The average Bonchev–Trinajstić information content (AvgIpc) is 3.00. The summed E-state index contributed by atoms with van der Waals surface area (Å²) in [6.07, 6.45) is 4.41. The van der Waals surface area contributed by atoms with Crippen molar-refractivity contribution in [3.8, 4) is 5.75 Å². The van der Waals surface area contributed by atoms with Gasteiger partial charge in [0.2, 0.25) is 0 Å². The van der Waals surface area contributed by atoms with Gasteiger partial charge in [-0.2, -0.15) is 0 Å². The average molecular weight is 352 g/mol. The number of likely N-dealkylation sites (tertiary alicyclic amines) is 1. The Labute approximate surface area is 146 Å². The minimum Gasteiger partial charge on any atom is -0.490 e. The highest BCUT2D eigenvalue weighted by atomic mass is 35.5. The summed E-state index contributed by atoms with van der Waals surface area (Å²) in [5.74, 6) is 0.908. The fourth-order valence-corrected chi connectivity index (χ4v) is 3.69. The molecule has 2 aromatic rings. The van der Waals surface area contributed by atoms with Crippen molar-refractivity contribution < 1.29 is 4.74 Å². The summed E-state index contributed by atoms with van der Waals surface area (Å²) >= 11 is 7.67.